The average molecular weight is 443 g/mol. The zero-order valence-electron chi connectivity index (χ0n) is 17.1. The summed E-state index contributed by atoms with van der Waals surface area (Å²) in [7, 11) is 0. The Hall–Kier alpha value is -4.66. The average Bonchev–Trinajstić information content (AvgIpc) is 3.31. The van der Waals surface area contributed by atoms with E-state index in [2.05, 4.69) is 10.5 Å². The summed E-state index contributed by atoms with van der Waals surface area (Å²) in [5.74, 6) is 1.57. The number of nitro groups is 1. The summed E-state index contributed by atoms with van der Waals surface area (Å²) in [4.78, 5) is 22.8. The van der Waals surface area contributed by atoms with Crippen molar-refractivity contribution in [1.82, 2.24) is 5.43 Å². The fraction of sp³-hybridized carbons (Fsp3) is 0.0833. The second-order valence-corrected chi connectivity index (χ2v) is 7.30. The van der Waals surface area contributed by atoms with Gasteiger partial charge in [-0.25, -0.2) is 5.43 Å². The summed E-state index contributed by atoms with van der Waals surface area (Å²) < 4.78 is 17.2. The Balaban J connectivity index is 1.21. The van der Waals surface area contributed by atoms with Crippen molar-refractivity contribution in [1.29, 1.82) is 0 Å². The standard InChI is InChI=1S/C24H17N3O6/c28-24(23-14-31-21-11-16-3-1-2-4-17(16)12-22(21)33-23)26-25-13-19-9-10-20(32-19)15-5-7-18(8-6-15)27(29)30/h1-13,23H,14H2,(H,26,28)/b25-13+/t23-/m0/s1. The predicted octanol–water partition coefficient (Wildman–Crippen LogP) is 4.30. The molecule has 0 radical (unpaired) electrons. The molecular weight excluding hydrogens is 426 g/mol. The van der Waals surface area contributed by atoms with Crippen LogP contribution in [0.5, 0.6) is 11.5 Å². The Labute approximate surface area is 187 Å². The van der Waals surface area contributed by atoms with Crippen molar-refractivity contribution in [2.45, 2.75) is 6.10 Å². The fourth-order valence-electron chi connectivity index (χ4n) is 3.44. The molecule has 1 aliphatic rings. The van der Waals surface area contributed by atoms with Crippen LogP contribution in [0.3, 0.4) is 0 Å². The van der Waals surface area contributed by atoms with Crippen molar-refractivity contribution in [2.75, 3.05) is 6.61 Å². The van der Waals surface area contributed by atoms with Gasteiger partial charge in [0.05, 0.1) is 11.1 Å². The number of carbonyl (C=O) groups is 1. The van der Waals surface area contributed by atoms with E-state index in [-0.39, 0.29) is 12.3 Å². The van der Waals surface area contributed by atoms with Crippen LogP contribution in [0.25, 0.3) is 22.1 Å². The highest BCUT2D eigenvalue weighted by molar-refractivity contribution is 5.87. The molecule has 0 saturated carbocycles. The number of fused-ring (bicyclic) bond motifs is 2. The molecule has 0 saturated heterocycles. The van der Waals surface area contributed by atoms with Gasteiger partial charge in [-0.05, 0) is 47.2 Å². The minimum absolute atomic E-state index is 0.000439. The van der Waals surface area contributed by atoms with Gasteiger partial charge >= 0.3 is 0 Å². The minimum atomic E-state index is -0.844. The number of furan rings is 1. The molecule has 3 aromatic carbocycles. The number of nitro benzene ring substituents is 1. The zero-order valence-corrected chi connectivity index (χ0v) is 17.1. The number of hydrogen-bond donors (Lipinski definition) is 1. The van der Waals surface area contributed by atoms with Crippen molar-refractivity contribution >= 4 is 28.6 Å². The maximum absolute atomic E-state index is 12.5. The molecule has 33 heavy (non-hydrogen) atoms. The van der Waals surface area contributed by atoms with Crippen molar-refractivity contribution in [3.8, 4) is 22.8 Å². The molecule has 1 atom stereocenters. The molecule has 0 fully saturated rings. The summed E-state index contributed by atoms with van der Waals surface area (Å²) in [6.45, 7) is 0.0672. The SMILES string of the molecule is O=C(N/N=C/c1ccc(-c2ccc([N+](=O)[O-])cc2)o1)[C@@H]1COc2cc3ccccc3cc2O1. The van der Waals surface area contributed by atoms with Gasteiger partial charge in [-0.15, -0.1) is 0 Å². The molecule has 164 valence electrons. The van der Waals surface area contributed by atoms with Crippen LogP contribution in [0.2, 0.25) is 0 Å². The van der Waals surface area contributed by atoms with Crippen LogP contribution in [-0.2, 0) is 4.79 Å². The molecule has 9 nitrogen and oxygen atoms in total. The number of carbonyl (C=O) groups excluding carboxylic acids is 1. The van der Waals surface area contributed by atoms with Gasteiger partial charge in [0.25, 0.3) is 11.6 Å². The predicted molar refractivity (Wildman–Crippen MR) is 120 cm³/mol. The highest BCUT2D eigenvalue weighted by Crippen LogP contribution is 2.35. The summed E-state index contributed by atoms with van der Waals surface area (Å²) >= 11 is 0. The number of nitrogens with one attached hydrogen (secondary N) is 1. The van der Waals surface area contributed by atoms with Gasteiger partial charge in [0.2, 0.25) is 6.10 Å². The van der Waals surface area contributed by atoms with E-state index in [1.807, 2.05) is 36.4 Å². The lowest BCUT2D eigenvalue weighted by molar-refractivity contribution is -0.384. The zero-order chi connectivity index (χ0) is 22.8. The molecule has 2 heterocycles. The number of hydrogen-bond acceptors (Lipinski definition) is 7. The third-order valence-electron chi connectivity index (χ3n) is 5.12. The lowest BCUT2D eigenvalue weighted by Gasteiger charge is -2.25. The van der Waals surface area contributed by atoms with Crippen LogP contribution in [0.4, 0.5) is 5.69 Å². The molecule has 1 aliphatic heterocycles. The summed E-state index contributed by atoms with van der Waals surface area (Å²) in [5, 5.41) is 16.7. The Morgan fingerprint density at radius 3 is 2.48 bits per heavy atom. The molecule has 1 amide bonds. The van der Waals surface area contributed by atoms with Crippen molar-refractivity contribution in [3.05, 3.63) is 88.7 Å². The minimum Gasteiger partial charge on any atom is -0.485 e. The van der Waals surface area contributed by atoms with Crippen molar-refractivity contribution < 1.29 is 23.6 Å². The fourth-order valence-corrected chi connectivity index (χ4v) is 3.44. The van der Waals surface area contributed by atoms with Gasteiger partial charge in [-0.1, -0.05) is 24.3 Å². The van der Waals surface area contributed by atoms with Crippen LogP contribution < -0.4 is 14.9 Å². The molecule has 5 rings (SSSR count). The maximum Gasteiger partial charge on any atom is 0.284 e. The highest BCUT2D eigenvalue weighted by atomic mass is 16.6. The van der Waals surface area contributed by atoms with Crippen LogP contribution in [0, 0.1) is 10.1 Å². The number of amides is 1. The first-order valence-corrected chi connectivity index (χ1v) is 10.1. The highest BCUT2D eigenvalue weighted by Gasteiger charge is 2.27. The summed E-state index contributed by atoms with van der Waals surface area (Å²) in [6.07, 6.45) is 0.515. The number of hydrazone groups is 1. The van der Waals surface area contributed by atoms with Gasteiger partial charge in [-0.2, -0.15) is 5.10 Å². The van der Waals surface area contributed by atoms with E-state index in [4.69, 9.17) is 13.9 Å². The number of nitrogens with zero attached hydrogens (tertiary/aromatic N) is 2. The Bertz CT molecular complexity index is 1380. The number of benzene rings is 3. The molecule has 0 bridgehead atoms. The third kappa shape index (κ3) is 4.24. The van der Waals surface area contributed by atoms with Gasteiger partial charge in [0.1, 0.15) is 18.1 Å². The topological polar surface area (TPSA) is 116 Å². The largest absolute Gasteiger partial charge is 0.485 e. The Kier molecular flexibility index (Phi) is 5.19. The van der Waals surface area contributed by atoms with E-state index in [1.165, 1.54) is 18.3 Å². The second-order valence-electron chi connectivity index (χ2n) is 7.30. The van der Waals surface area contributed by atoms with Crippen LogP contribution in [-0.4, -0.2) is 29.8 Å². The molecule has 0 unspecified atom stereocenters. The molecule has 9 heteroatoms. The van der Waals surface area contributed by atoms with Crippen LogP contribution in [0.1, 0.15) is 5.76 Å². The molecular formula is C24H17N3O6. The number of ether oxygens (including phenoxy) is 2. The van der Waals surface area contributed by atoms with E-state index in [0.29, 0.717) is 28.6 Å². The quantitative estimate of drug-likeness (QED) is 0.279. The molecule has 1 aromatic heterocycles. The number of non-ortho nitro benzene ring substituents is 1. The van der Waals surface area contributed by atoms with Crippen molar-refractivity contribution in [3.63, 3.8) is 0 Å². The third-order valence-corrected chi connectivity index (χ3v) is 5.12. The normalized spacial score (nSPS) is 15.0. The lowest BCUT2D eigenvalue weighted by Crippen LogP contribution is -2.42. The van der Waals surface area contributed by atoms with E-state index in [9.17, 15) is 14.9 Å². The van der Waals surface area contributed by atoms with E-state index in [0.717, 1.165) is 10.8 Å². The molecule has 1 N–H and O–H groups in total. The maximum atomic E-state index is 12.5. The van der Waals surface area contributed by atoms with Crippen LogP contribution in [0.15, 0.2) is 82.3 Å². The van der Waals surface area contributed by atoms with Gasteiger partial charge < -0.3 is 13.9 Å². The monoisotopic (exact) mass is 443 g/mol. The molecule has 0 aliphatic carbocycles. The van der Waals surface area contributed by atoms with Crippen molar-refractivity contribution in [2.24, 2.45) is 5.10 Å². The van der Waals surface area contributed by atoms with E-state index < -0.39 is 16.9 Å². The lowest BCUT2D eigenvalue weighted by atomic mass is 10.1. The van der Waals surface area contributed by atoms with E-state index in [1.54, 1.807) is 24.3 Å². The summed E-state index contributed by atoms with van der Waals surface area (Å²) in [6, 6.07) is 20.9. The first kappa shape index (κ1) is 20.3. The second kappa shape index (κ2) is 8.46. The smallest absolute Gasteiger partial charge is 0.284 e. The van der Waals surface area contributed by atoms with Gasteiger partial charge in [0, 0.05) is 17.7 Å². The van der Waals surface area contributed by atoms with E-state index >= 15 is 0 Å². The molecule has 4 aromatic rings. The van der Waals surface area contributed by atoms with Gasteiger partial charge in [0.15, 0.2) is 11.5 Å². The summed E-state index contributed by atoms with van der Waals surface area (Å²) in [5.41, 5.74) is 3.11. The van der Waals surface area contributed by atoms with Crippen LogP contribution >= 0.6 is 0 Å². The molecule has 0 spiro atoms. The van der Waals surface area contributed by atoms with Gasteiger partial charge in [-0.3, -0.25) is 14.9 Å². The first-order valence-electron chi connectivity index (χ1n) is 10.1. The Morgan fingerprint density at radius 1 is 1.03 bits per heavy atom. The first-order chi connectivity index (χ1) is 16.1. The Morgan fingerprint density at radius 2 is 1.76 bits per heavy atom. The number of rotatable bonds is 5.